The molecule has 0 saturated carbocycles. The molecule has 0 aliphatic heterocycles. The second kappa shape index (κ2) is 82.7. The third kappa shape index (κ3) is 81.8. The van der Waals surface area contributed by atoms with Crippen molar-refractivity contribution in [1.82, 2.24) is 0 Å². The number of ether oxygens (including phenoxy) is 4. The summed E-state index contributed by atoms with van der Waals surface area (Å²) in [5.41, 5.74) is 0. The first-order valence-electron chi connectivity index (χ1n) is 48.0. The van der Waals surface area contributed by atoms with Gasteiger partial charge in [-0.1, -0.05) is 447 Å². The molecule has 0 radical (unpaired) electrons. The highest BCUT2D eigenvalue weighted by molar-refractivity contribution is 7.47. The monoisotopic (exact) mass is 1630 g/mol. The van der Waals surface area contributed by atoms with Crippen LogP contribution in [0.3, 0.4) is 0 Å². The third-order valence-electron chi connectivity index (χ3n) is 23.0. The summed E-state index contributed by atoms with van der Waals surface area (Å²) in [4.78, 5) is 73.4. The molecule has 0 aliphatic rings. The second-order valence-corrected chi connectivity index (χ2v) is 37.0. The van der Waals surface area contributed by atoms with Crippen molar-refractivity contribution in [3.63, 3.8) is 0 Å². The summed E-state index contributed by atoms with van der Waals surface area (Å²) in [5, 5.41) is 10.7. The van der Waals surface area contributed by atoms with Crippen LogP contribution in [-0.2, 0) is 65.4 Å². The Labute approximate surface area is 689 Å². The molecule has 0 saturated heterocycles. The zero-order valence-corrected chi connectivity index (χ0v) is 75.9. The summed E-state index contributed by atoms with van der Waals surface area (Å²) in [6.45, 7) is 12.1. The van der Waals surface area contributed by atoms with E-state index in [1.54, 1.807) is 0 Å². The van der Waals surface area contributed by atoms with Crippen LogP contribution in [0.1, 0.15) is 498 Å². The molecule has 0 aliphatic carbocycles. The van der Waals surface area contributed by atoms with E-state index in [-0.39, 0.29) is 25.7 Å². The molecular weight excluding hydrogens is 1450 g/mol. The van der Waals surface area contributed by atoms with Gasteiger partial charge in [0.05, 0.1) is 26.4 Å². The summed E-state index contributed by atoms with van der Waals surface area (Å²) in [6, 6.07) is 0. The number of rotatable bonds is 91. The van der Waals surface area contributed by atoms with Crippen molar-refractivity contribution in [2.75, 3.05) is 39.6 Å². The van der Waals surface area contributed by atoms with Crippen molar-refractivity contribution >= 4 is 39.5 Å². The predicted octanol–water partition coefficient (Wildman–Crippen LogP) is 28.8. The first-order valence-corrected chi connectivity index (χ1v) is 51.0. The fraction of sp³-hybridized carbons (Fsp3) is 0.957. The summed E-state index contributed by atoms with van der Waals surface area (Å²) in [7, 11) is -9.94. The van der Waals surface area contributed by atoms with Gasteiger partial charge in [0.2, 0.25) is 0 Å². The van der Waals surface area contributed by atoms with Gasteiger partial charge < -0.3 is 33.8 Å². The molecule has 0 aromatic carbocycles. The number of carbonyl (C=O) groups excluding carboxylic acids is 4. The second-order valence-electron chi connectivity index (χ2n) is 34.1. The van der Waals surface area contributed by atoms with Crippen molar-refractivity contribution in [3.8, 4) is 0 Å². The zero-order chi connectivity index (χ0) is 82.2. The maximum Gasteiger partial charge on any atom is 0.472 e. The summed E-state index contributed by atoms with van der Waals surface area (Å²) in [6.07, 6.45) is 76.5. The molecule has 0 spiro atoms. The fourth-order valence-corrected chi connectivity index (χ4v) is 16.1. The summed E-state index contributed by atoms with van der Waals surface area (Å²) >= 11 is 0. The average molecular weight is 1630 g/mol. The first-order chi connectivity index (χ1) is 54.3. The molecule has 0 amide bonds. The quantitative estimate of drug-likeness (QED) is 0.0222. The lowest BCUT2D eigenvalue weighted by Gasteiger charge is -2.21. The van der Waals surface area contributed by atoms with E-state index in [1.807, 2.05) is 0 Å². The number of hydrogen-bond donors (Lipinski definition) is 3. The maximum absolute atomic E-state index is 13.2. The molecule has 0 heterocycles. The lowest BCUT2D eigenvalue weighted by atomic mass is 9.99. The van der Waals surface area contributed by atoms with Gasteiger partial charge in [-0.3, -0.25) is 37.3 Å². The van der Waals surface area contributed by atoms with E-state index in [2.05, 4.69) is 48.5 Å². The van der Waals surface area contributed by atoms with E-state index in [0.717, 1.165) is 114 Å². The first kappa shape index (κ1) is 110. The van der Waals surface area contributed by atoms with Crippen LogP contribution in [0.4, 0.5) is 0 Å². The molecule has 666 valence electrons. The van der Waals surface area contributed by atoms with Crippen LogP contribution in [0.2, 0.25) is 0 Å². The summed E-state index contributed by atoms with van der Waals surface area (Å²) in [5.74, 6) is 0.348. The smallest absolute Gasteiger partial charge is 0.462 e. The van der Waals surface area contributed by atoms with Crippen LogP contribution in [0.15, 0.2) is 0 Å². The maximum atomic E-state index is 13.2. The normalized spacial score (nSPS) is 14.5. The van der Waals surface area contributed by atoms with Gasteiger partial charge in [0.1, 0.15) is 19.3 Å². The lowest BCUT2D eigenvalue weighted by molar-refractivity contribution is -0.161. The molecule has 17 nitrogen and oxygen atoms in total. The van der Waals surface area contributed by atoms with Crippen LogP contribution in [0, 0.1) is 17.8 Å². The third-order valence-corrected chi connectivity index (χ3v) is 24.9. The molecule has 0 bridgehead atoms. The van der Waals surface area contributed by atoms with Crippen molar-refractivity contribution in [1.29, 1.82) is 0 Å². The molecular formula is C93H182O17P2. The molecule has 112 heavy (non-hydrogen) atoms. The number of phosphoric ester groups is 2. The Hall–Kier alpha value is -1.94. The Morgan fingerprint density at radius 1 is 0.250 bits per heavy atom. The number of carbonyl (C=O) groups is 4. The molecule has 3 N–H and O–H groups in total. The number of aliphatic hydroxyl groups excluding tert-OH is 1. The van der Waals surface area contributed by atoms with Gasteiger partial charge in [0.25, 0.3) is 0 Å². The Balaban J connectivity index is 5.22. The molecule has 0 aromatic heterocycles. The van der Waals surface area contributed by atoms with Crippen LogP contribution in [0.5, 0.6) is 0 Å². The van der Waals surface area contributed by atoms with Gasteiger partial charge in [0.15, 0.2) is 12.2 Å². The predicted molar refractivity (Wildman–Crippen MR) is 465 cm³/mol. The molecule has 0 aromatic rings. The van der Waals surface area contributed by atoms with Gasteiger partial charge in [-0.15, -0.1) is 0 Å². The minimum absolute atomic E-state index is 0.107. The summed E-state index contributed by atoms with van der Waals surface area (Å²) < 4.78 is 69.1. The van der Waals surface area contributed by atoms with Crippen LogP contribution in [0.25, 0.3) is 0 Å². The van der Waals surface area contributed by atoms with Crippen molar-refractivity contribution in [2.45, 2.75) is 516 Å². The van der Waals surface area contributed by atoms with Crippen LogP contribution >= 0.6 is 15.6 Å². The highest BCUT2D eigenvalue weighted by Gasteiger charge is 2.31. The highest BCUT2D eigenvalue weighted by Crippen LogP contribution is 2.45. The van der Waals surface area contributed by atoms with E-state index in [0.29, 0.717) is 25.7 Å². The SMILES string of the molecule is CCCCCCCCCCCCCCCCCCCCCCCCC(=O)OC[C@H](COP(=O)(O)OC[C@@H](O)COP(=O)(O)OC[C@@H](COC(=O)CCCCCCCCC(C)CC)OC(=O)CCCCCCCCCCCCCCCCC(C)CC)OC(=O)CCCCCCCCCCCCCCCCCCCCC(C)CC. The molecule has 5 unspecified atom stereocenters. The minimum atomic E-state index is -4.97. The molecule has 0 fully saturated rings. The zero-order valence-electron chi connectivity index (χ0n) is 74.2. The van der Waals surface area contributed by atoms with E-state index in [1.165, 1.54) is 302 Å². The number of unbranched alkanes of at least 4 members (excludes halogenated alkanes) is 56. The molecule has 0 rings (SSSR count). The van der Waals surface area contributed by atoms with E-state index >= 15 is 0 Å². The number of phosphoric acid groups is 2. The van der Waals surface area contributed by atoms with Crippen LogP contribution < -0.4 is 0 Å². The van der Waals surface area contributed by atoms with Crippen LogP contribution in [-0.4, -0.2) is 96.7 Å². The van der Waals surface area contributed by atoms with Gasteiger partial charge >= 0.3 is 39.5 Å². The minimum Gasteiger partial charge on any atom is -0.462 e. The van der Waals surface area contributed by atoms with E-state index in [4.69, 9.17) is 37.0 Å². The Kier molecular flexibility index (Phi) is 81.3. The van der Waals surface area contributed by atoms with Gasteiger partial charge in [-0.25, -0.2) is 9.13 Å². The van der Waals surface area contributed by atoms with Crippen molar-refractivity contribution in [3.05, 3.63) is 0 Å². The Bertz CT molecular complexity index is 2150. The largest absolute Gasteiger partial charge is 0.472 e. The number of hydrogen-bond acceptors (Lipinski definition) is 15. The Morgan fingerprint density at radius 2 is 0.429 bits per heavy atom. The van der Waals surface area contributed by atoms with E-state index in [9.17, 15) is 43.2 Å². The molecule has 8 atom stereocenters. The number of esters is 4. The van der Waals surface area contributed by atoms with Gasteiger partial charge in [-0.05, 0) is 43.4 Å². The number of aliphatic hydroxyl groups is 1. The lowest BCUT2D eigenvalue weighted by Crippen LogP contribution is -2.30. The fourth-order valence-electron chi connectivity index (χ4n) is 14.5. The Morgan fingerprint density at radius 3 is 0.634 bits per heavy atom. The van der Waals surface area contributed by atoms with Crippen molar-refractivity contribution in [2.24, 2.45) is 17.8 Å². The van der Waals surface area contributed by atoms with Crippen molar-refractivity contribution < 1.29 is 80.2 Å². The highest BCUT2D eigenvalue weighted by atomic mass is 31.2. The topological polar surface area (TPSA) is 237 Å². The standard InChI is InChI=1S/C93H182O17P2/c1-8-12-13-14-15-16-17-18-19-20-21-22-23-24-28-31-37-42-47-52-60-67-74-90(95)103-80-88(109-92(97)76-69-62-53-48-43-38-32-29-26-25-27-30-35-40-45-50-57-64-71-84(5)9-2)82-107-111(99,100)105-78-87(94)79-106-112(101,102)108-83-89(81-104-91(96)75-68-61-56-55-59-66-73-86(7)11-4)110-93(98)77-70-63-54-49-44-39-34-33-36-41-46-51-58-65-72-85(6)10-3/h84-89,94H,8-83H2,1-7H3,(H,99,100)(H,101,102)/t84?,85?,86?,87-,88-,89-/m1/s1. The van der Waals surface area contributed by atoms with Gasteiger partial charge in [-0.2, -0.15) is 0 Å². The molecule has 19 heteroatoms. The van der Waals surface area contributed by atoms with Gasteiger partial charge in [0, 0.05) is 25.7 Å². The van der Waals surface area contributed by atoms with E-state index < -0.39 is 97.5 Å². The average Bonchev–Trinajstić information content (AvgIpc) is 0.898.